The van der Waals surface area contributed by atoms with E-state index < -0.39 is 0 Å². The Labute approximate surface area is 177 Å². The summed E-state index contributed by atoms with van der Waals surface area (Å²) in [5, 5.41) is 4.13. The molecule has 0 spiro atoms. The van der Waals surface area contributed by atoms with Crippen molar-refractivity contribution in [2.75, 3.05) is 44.2 Å². The Bertz CT molecular complexity index is 964. The third-order valence-corrected chi connectivity index (χ3v) is 6.68. The predicted molar refractivity (Wildman–Crippen MR) is 119 cm³/mol. The number of rotatable bonds is 5. The smallest absolute Gasteiger partial charge is 0.251 e. The third kappa shape index (κ3) is 4.37. The quantitative estimate of drug-likeness (QED) is 0.629. The molecule has 1 saturated heterocycles. The van der Waals surface area contributed by atoms with Gasteiger partial charge in [-0.25, -0.2) is 4.98 Å². The average molecular weight is 459 g/mol. The lowest BCUT2D eigenvalue weighted by molar-refractivity contribution is 0.0948. The number of nitrogens with zero attached hydrogens (tertiary/aromatic N) is 3. The van der Waals surface area contributed by atoms with Crippen molar-refractivity contribution in [1.29, 1.82) is 0 Å². The van der Waals surface area contributed by atoms with Crippen LogP contribution < -0.4 is 10.2 Å². The number of carbonyl (C=O) groups is 1. The van der Waals surface area contributed by atoms with Crippen molar-refractivity contribution in [2.24, 2.45) is 0 Å². The summed E-state index contributed by atoms with van der Waals surface area (Å²) in [6.45, 7) is 7.57. The minimum absolute atomic E-state index is 0.0176. The number of nitrogens with one attached hydrogen (secondary N) is 1. The Morgan fingerprint density at radius 1 is 1.14 bits per heavy atom. The molecular formula is C21H23BrN4OS. The summed E-state index contributed by atoms with van der Waals surface area (Å²) < 4.78 is 2.23. The molecule has 1 amide bonds. The van der Waals surface area contributed by atoms with Gasteiger partial charge in [0.05, 0.1) is 10.2 Å². The first kappa shape index (κ1) is 19.4. The zero-order chi connectivity index (χ0) is 19.5. The minimum atomic E-state index is -0.0176. The van der Waals surface area contributed by atoms with Crippen molar-refractivity contribution >= 4 is 48.5 Å². The van der Waals surface area contributed by atoms with E-state index in [1.165, 1.54) is 10.3 Å². The number of carbonyl (C=O) groups excluding carboxylic acids is 1. The first-order valence-corrected chi connectivity index (χ1v) is 11.1. The van der Waals surface area contributed by atoms with Gasteiger partial charge >= 0.3 is 0 Å². The fourth-order valence-electron chi connectivity index (χ4n) is 3.40. The van der Waals surface area contributed by atoms with E-state index >= 15 is 0 Å². The molecule has 1 aliphatic heterocycles. The molecule has 0 radical (unpaired) electrons. The average Bonchev–Trinajstić information content (AvgIpc) is 3.15. The van der Waals surface area contributed by atoms with E-state index in [9.17, 15) is 4.79 Å². The number of para-hydroxylation sites is 1. The number of aryl methyl sites for hydroxylation is 1. The van der Waals surface area contributed by atoms with Gasteiger partial charge in [-0.05, 0) is 42.8 Å². The maximum absolute atomic E-state index is 12.2. The normalized spacial score (nSPS) is 15.1. The standard InChI is InChI=1S/C21H23BrN4OS/c1-15-3-2-4-18-19(15)24-21(28-18)26-13-11-25(12-14-26)10-9-23-20(27)16-5-7-17(22)8-6-16/h2-8H,9-14H2,1H3,(H,23,27). The maximum Gasteiger partial charge on any atom is 0.251 e. The summed E-state index contributed by atoms with van der Waals surface area (Å²) in [7, 11) is 0. The van der Waals surface area contributed by atoms with Crippen LogP contribution >= 0.6 is 27.3 Å². The molecule has 0 unspecified atom stereocenters. The van der Waals surface area contributed by atoms with Gasteiger partial charge in [0.1, 0.15) is 0 Å². The zero-order valence-electron chi connectivity index (χ0n) is 15.8. The lowest BCUT2D eigenvalue weighted by atomic mass is 10.2. The predicted octanol–water partition coefficient (Wildman–Crippen LogP) is 3.92. The number of hydrogen-bond donors (Lipinski definition) is 1. The van der Waals surface area contributed by atoms with Gasteiger partial charge in [0.15, 0.2) is 5.13 Å². The fraction of sp³-hybridized carbons (Fsp3) is 0.333. The van der Waals surface area contributed by atoms with E-state index in [0.717, 1.165) is 47.8 Å². The maximum atomic E-state index is 12.2. The van der Waals surface area contributed by atoms with Gasteiger partial charge in [-0.3, -0.25) is 9.69 Å². The van der Waals surface area contributed by atoms with Crippen LogP contribution in [0, 0.1) is 6.92 Å². The molecule has 0 saturated carbocycles. The number of fused-ring (bicyclic) bond motifs is 1. The van der Waals surface area contributed by atoms with Gasteiger partial charge in [-0.15, -0.1) is 0 Å². The molecule has 2 heterocycles. The number of anilines is 1. The number of thiazole rings is 1. The lowest BCUT2D eigenvalue weighted by Crippen LogP contribution is -2.48. The van der Waals surface area contributed by atoms with Crippen molar-refractivity contribution in [3.05, 3.63) is 58.1 Å². The second-order valence-corrected chi connectivity index (χ2v) is 8.93. The van der Waals surface area contributed by atoms with Gasteiger partial charge in [0, 0.05) is 49.3 Å². The molecule has 0 atom stereocenters. The van der Waals surface area contributed by atoms with Crippen LogP contribution in [0.15, 0.2) is 46.9 Å². The molecular weight excluding hydrogens is 436 g/mol. The van der Waals surface area contributed by atoms with E-state index in [1.54, 1.807) is 11.3 Å². The van der Waals surface area contributed by atoms with Crippen molar-refractivity contribution in [3.8, 4) is 0 Å². The van der Waals surface area contributed by atoms with Crippen LogP contribution in [0.5, 0.6) is 0 Å². The topological polar surface area (TPSA) is 48.5 Å². The molecule has 1 aliphatic rings. The van der Waals surface area contributed by atoms with Crippen molar-refractivity contribution in [1.82, 2.24) is 15.2 Å². The van der Waals surface area contributed by atoms with Gasteiger partial charge in [0.2, 0.25) is 0 Å². The summed E-state index contributed by atoms with van der Waals surface area (Å²) in [6, 6.07) is 13.8. The molecule has 1 N–H and O–H groups in total. The molecule has 4 rings (SSSR count). The molecule has 1 fully saturated rings. The van der Waals surface area contributed by atoms with E-state index in [1.807, 2.05) is 24.3 Å². The number of piperazine rings is 1. The summed E-state index contributed by atoms with van der Waals surface area (Å²) in [4.78, 5) is 21.8. The lowest BCUT2D eigenvalue weighted by Gasteiger charge is -2.34. The van der Waals surface area contributed by atoms with Crippen LogP contribution in [-0.2, 0) is 0 Å². The molecule has 3 aromatic rings. The largest absolute Gasteiger partial charge is 0.351 e. The Morgan fingerprint density at radius 3 is 2.61 bits per heavy atom. The van der Waals surface area contributed by atoms with Crippen LogP contribution in [0.25, 0.3) is 10.2 Å². The van der Waals surface area contributed by atoms with E-state index in [2.05, 4.69) is 56.2 Å². The van der Waals surface area contributed by atoms with E-state index in [-0.39, 0.29) is 5.91 Å². The van der Waals surface area contributed by atoms with Crippen LogP contribution in [0.3, 0.4) is 0 Å². The van der Waals surface area contributed by atoms with Gasteiger partial charge < -0.3 is 10.2 Å². The number of hydrogen-bond acceptors (Lipinski definition) is 5. The Morgan fingerprint density at radius 2 is 1.89 bits per heavy atom. The Balaban J connectivity index is 1.25. The molecule has 0 aliphatic carbocycles. The fourth-order valence-corrected chi connectivity index (χ4v) is 4.76. The van der Waals surface area contributed by atoms with Crippen molar-refractivity contribution in [3.63, 3.8) is 0 Å². The summed E-state index contributed by atoms with van der Waals surface area (Å²) >= 11 is 5.16. The Hall–Kier alpha value is -1.96. The molecule has 146 valence electrons. The number of benzene rings is 2. The highest BCUT2D eigenvalue weighted by Gasteiger charge is 2.20. The monoisotopic (exact) mass is 458 g/mol. The highest BCUT2D eigenvalue weighted by molar-refractivity contribution is 9.10. The van der Waals surface area contributed by atoms with Crippen LogP contribution in [0.4, 0.5) is 5.13 Å². The van der Waals surface area contributed by atoms with E-state index in [4.69, 9.17) is 4.98 Å². The zero-order valence-corrected chi connectivity index (χ0v) is 18.2. The second kappa shape index (κ2) is 8.59. The first-order chi connectivity index (χ1) is 13.6. The van der Waals surface area contributed by atoms with Gasteiger partial charge in [0.25, 0.3) is 5.91 Å². The van der Waals surface area contributed by atoms with Crippen LogP contribution in [0.1, 0.15) is 15.9 Å². The highest BCUT2D eigenvalue weighted by atomic mass is 79.9. The summed E-state index contributed by atoms with van der Waals surface area (Å²) in [5.41, 5.74) is 3.06. The number of amides is 1. The third-order valence-electron chi connectivity index (χ3n) is 5.07. The van der Waals surface area contributed by atoms with Gasteiger partial charge in [-0.1, -0.05) is 39.4 Å². The van der Waals surface area contributed by atoms with E-state index in [0.29, 0.717) is 12.1 Å². The molecule has 5 nitrogen and oxygen atoms in total. The highest BCUT2D eigenvalue weighted by Crippen LogP contribution is 2.30. The van der Waals surface area contributed by atoms with Gasteiger partial charge in [-0.2, -0.15) is 0 Å². The number of halogens is 1. The van der Waals surface area contributed by atoms with Crippen molar-refractivity contribution in [2.45, 2.75) is 6.92 Å². The second-order valence-electron chi connectivity index (χ2n) is 7.01. The Kier molecular flexibility index (Phi) is 5.94. The summed E-state index contributed by atoms with van der Waals surface area (Å²) in [6.07, 6.45) is 0. The SMILES string of the molecule is Cc1cccc2sc(N3CCN(CCNC(=O)c4ccc(Br)cc4)CC3)nc12. The molecule has 7 heteroatoms. The first-order valence-electron chi connectivity index (χ1n) is 9.47. The molecule has 0 bridgehead atoms. The minimum Gasteiger partial charge on any atom is -0.351 e. The molecule has 1 aromatic heterocycles. The number of aromatic nitrogens is 1. The molecule has 2 aromatic carbocycles. The molecule has 28 heavy (non-hydrogen) atoms. The summed E-state index contributed by atoms with van der Waals surface area (Å²) in [5.74, 6) is -0.0176. The van der Waals surface area contributed by atoms with Crippen molar-refractivity contribution < 1.29 is 4.79 Å². The van der Waals surface area contributed by atoms with Crippen LogP contribution in [-0.4, -0.2) is 55.1 Å². The van der Waals surface area contributed by atoms with Crippen LogP contribution in [0.2, 0.25) is 0 Å².